The molecular formula is C10H17NO3. The molecule has 2 N–H and O–H groups in total. The van der Waals surface area contributed by atoms with Crippen LogP contribution >= 0.6 is 0 Å². The van der Waals surface area contributed by atoms with Crippen LogP contribution in [-0.2, 0) is 14.3 Å². The third-order valence-electron chi connectivity index (χ3n) is 3.31. The van der Waals surface area contributed by atoms with Crippen molar-refractivity contribution in [2.75, 3.05) is 13.2 Å². The maximum absolute atomic E-state index is 11.8. The smallest absolute Gasteiger partial charge is 0.316 e. The molecule has 4 nitrogen and oxygen atoms in total. The van der Waals surface area contributed by atoms with E-state index in [0.29, 0.717) is 13.2 Å². The zero-order valence-electron chi connectivity index (χ0n) is 8.49. The van der Waals surface area contributed by atoms with E-state index in [0.717, 1.165) is 19.3 Å². The van der Waals surface area contributed by atoms with E-state index >= 15 is 0 Å². The van der Waals surface area contributed by atoms with E-state index in [1.165, 1.54) is 0 Å². The van der Waals surface area contributed by atoms with E-state index in [9.17, 15) is 4.79 Å². The largest absolute Gasteiger partial charge is 0.462 e. The maximum Gasteiger partial charge on any atom is 0.316 e. The molecule has 2 atom stereocenters. The van der Waals surface area contributed by atoms with Gasteiger partial charge in [-0.1, -0.05) is 0 Å². The fourth-order valence-corrected chi connectivity index (χ4v) is 1.67. The molecule has 2 fully saturated rings. The van der Waals surface area contributed by atoms with Crippen LogP contribution in [0, 0.1) is 5.41 Å². The molecule has 0 bridgehead atoms. The molecule has 0 aromatic carbocycles. The van der Waals surface area contributed by atoms with E-state index in [1.54, 1.807) is 0 Å². The maximum atomic E-state index is 11.8. The standard InChI is InChI=1S/C10H17NO3/c1-10(6-13-5-8(10)11)9(12)14-7-3-2-4-7/h7-8H,2-6,11H2,1H3. The van der Waals surface area contributed by atoms with Crippen molar-refractivity contribution in [3.05, 3.63) is 0 Å². The Labute approximate surface area is 83.7 Å². The number of ether oxygens (including phenoxy) is 2. The van der Waals surface area contributed by atoms with Crippen LogP contribution in [-0.4, -0.2) is 31.3 Å². The van der Waals surface area contributed by atoms with Gasteiger partial charge in [0.05, 0.1) is 13.2 Å². The summed E-state index contributed by atoms with van der Waals surface area (Å²) in [5, 5.41) is 0. The molecule has 1 aliphatic carbocycles. The van der Waals surface area contributed by atoms with Crippen molar-refractivity contribution < 1.29 is 14.3 Å². The van der Waals surface area contributed by atoms with Crippen molar-refractivity contribution >= 4 is 5.97 Å². The average molecular weight is 199 g/mol. The van der Waals surface area contributed by atoms with E-state index in [2.05, 4.69) is 0 Å². The van der Waals surface area contributed by atoms with Gasteiger partial charge in [-0.25, -0.2) is 0 Å². The van der Waals surface area contributed by atoms with Crippen molar-refractivity contribution in [3.8, 4) is 0 Å². The number of carbonyl (C=O) groups excluding carboxylic acids is 1. The molecule has 80 valence electrons. The summed E-state index contributed by atoms with van der Waals surface area (Å²) in [4.78, 5) is 11.8. The second-order valence-electron chi connectivity index (χ2n) is 4.50. The summed E-state index contributed by atoms with van der Waals surface area (Å²) < 4.78 is 10.5. The first-order valence-electron chi connectivity index (χ1n) is 5.17. The summed E-state index contributed by atoms with van der Waals surface area (Å²) in [5.41, 5.74) is 5.19. The molecule has 0 aromatic rings. The number of rotatable bonds is 2. The molecule has 1 saturated heterocycles. The van der Waals surface area contributed by atoms with Gasteiger partial charge in [0.2, 0.25) is 0 Å². The van der Waals surface area contributed by atoms with E-state index < -0.39 is 5.41 Å². The molecule has 0 amide bonds. The highest BCUT2D eigenvalue weighted by atomic mass is 16.6. The predicted molar refractivity (Wildman–Crippen MR) is 50.6 cm³/mol. The zero-order valence-corrected chi connectivity index (χ0v) is 8.49. The van der Waals surface area contributed by atoms with Crippen LogP contribution in [0.5, 0.6) is 0 Å². The molecule has 1 aliphatic heterocycles. The second-order valence-corrected chi connectivity index (χ2v) is 4.50. The van der Waals surface area contributed by atoms with Crippen LogP contribution < -0.4 is 5.73 Å². The summed E-state index contributed by atoms with van der Waals surface area (Å²) in [6.45, 7) is 2.67. The summed E-state index contributed by atoms with van der Waals surface area (Å²) in [7, 11) is 0. The quantitative estimate of drug-likeness (QED) is 0.656. The van der Waals surface area contributed by atoms with Crippen LogP contribution in [0.4, 0.5) is 0 Å². The van der Waals surface area contributed by atoms with Gasteiger partial charge in [0.1, 0.15) is 11.5 Å². The summed E-state index contributed by atoms with van der Waals surface area (Å²) in [6, 6.07) is -0.227. The Balaban J connectivity index is 1.94. The van der Waals surface area contributed by atoms with E-state index in [4.69, 9.17) is 15.2 Å². The van der Waals surface area contributed by atoms with Crippen LogP contribution in [0.25, 0.3) is 0 Å². The van der Waals surface area contributed by atoms with Crippen molar-refractivity contribution in [2.24, 2.45) is 11.1 Å². The Kier molecular flexibility index (Phi) is 2.49. The van der Waals surface area contributed by atoms with Crippen molar-refractivity contribution in [1.82, 2.24) is 0 Å². The molecule has 0 aromatic heterocycles. The number of nitrogens with two attached hydrogens (primary N) is 1. The number of hydrogen-bond donors (Lipinski definition) is 1. The molecule has 2 unspecified atom stereocenters. The molecule has 0 spiro atoms. The Morgan fingerprint density at radius 3 is 2.71 bits per heavy atom. The van der Waals surface area contributed by atoms with Crippen molar-refractivity contribution in [2.45, 2.75) is 38.3 Å². The number of hydrogen-bond acceptors (Lipinski definition) is 4. The van der Waals surface area contributed by atoms with Crippen LogP contribution in [0.15, 0.2) is 0 Å². The third kappa shape index (κ3) is 1.53. The van der Waals surface area contributed by atoms with Crippen LogP contribution in [0.2, 0.25) is 0 Å². The SMILES string of the molecule is CC1(C(=O)OC2CCC2)COCC1N. The molecule has 1 heterocycles. The normalized spacial score (nSPS) is 38.0. The van der Waals surface area contributed by atoms with Gasteiger partial charge in [-0.3, -0.25) is 4.79 Å². The minimum absolute atomic E-state index is 0.132. The lowest BCUT2D eigenvalue weighted by Gasteiger charge is -2.31. The van der Waals surface area contributed by atoms with Gasteiger partial charge in [-0.15, -0.1) is 0 Å². The Morgan fingerprint density at radius 1 is 1.57 bits per heavy atom. The minimum atomic E-state index is -0.629. The van der Waals surface area contributed by atoms with Crippen molar-refractivity contribution in [3.63, 3.8) is 0 Å². The molecule has 0 radical (unpaired) electrons. The molecule has 4 heteroatoms. The lowest BCUT2D eigenvalue weighted by atomic mass is 9.85. The van der Waals surface area contributed by atoms with Gasteiger partial charge in [0, 0.05) is 6.04 Å². The van der Waals surface area contributed by atoms with Gasteiger partial charge in [0.25, 0.3) is 0 Å². The lowest BCUT2D eigenvalue weighted by Crippen LogP contribution is -2.47. The van der Waals surface area contributed by atoms with Crippen molar-refractivity contribution in [1.29, 1.82) is 0 Å². The first-order chi connectivity index (χ1) is 6.63. The number of carbonyl (C=O) groups is 1. The summed E-state index contributed by atoms with van der Waals surface area (Å²) in [6.07, 6.45) is 3.29. The fraction of sp³-hybridized carbons (Fsp3) is 0.900. The monoisotopic (exact) mass is 199 g/mol. The number of esters is 1. The fourth-order valence-electron chi connectivity index (χ4n) is 1.67. The zero-order chi connectivity index (χ0) is 10.2. The predicted octanol–water partition coefficient (Wildman–Crippen LogP) is 0.446. The molecule has 2 aliphatic rings. The third-order valence-corrected chi connectivity index (χ3v) is 3.31. The Bertz CT molecular complexity index is 240. The molecule has 1 saturated carbocycles. The van der Waals surface area contributed by atoms with Gasteiger partial charge < -0.3 is 15.2 Å². The lowest BCUT2D eigenvalue weighted by molar-refractivity contribution is -0.165. The Morgan fingerprint density at radius 2 is 2.29 bits per heavy atom. The molecule has 2 rings (SSSR count). The van der Waals surface area contributed by atoms with Gasteiger partial charge >= 0.3 is 5.97 Å². The topological polar surface area (TPSA) is 61.5 Å². The molecule has 14 heavy (non-hydrogen) atoms. The van der Waals surface area contributed by atoms with Crippen LogP contribution in [0.1, 0.15) is 26.2 Å². The van der Waals surface area contributed by atoms with Gasteiger partial charge in [-0.05, 0) is 26.2 Å². The average Bonchev–Trinajstić information content (AvgIpc) is 2.41. The summed E-state index contributed by atoms with van der Waals surface area (Å²) in [5.74, 6) is -0.188. The second kappa shape index (κ2) is 3.51. The van der Waals surface area contributed by atoms with Gasteiger partial charge in [0.15, 0.2) is 0 Å². The highest BCUT2D eigenvalue weighted by Crippen LogP contribution is 2.31. The first kappa shape index (κ1) is 9.93. The van der Waals surface area contributed by atoms with Crippen LogP contribution in [0.3, 0.4) is 0 Å². The Hall–Kier alpha value is -0.610. The first-order valence-corrected chi connectivity index (χ1v) is 5.17. The minimum Gasteiger partial charge on any atom is -0.462 e. The molecular weight excluding hydrogens is 182 g/mol. The summed E-state index contributed by atoms with van der Waals surface area (Å²) >= 11 is 0. The van der Waals surface area contributed by atoms with E-state index in [-0.39, 0.29) is 18.1 Å². The highest BCUT2D eigenvalue weighted by Gasteiger charge is 2.46. The highest BCUT2D eigenvalue weighted by molar-refractivity contribution is 5.78. The van der Waals surface area contributed by atoms with Gasteiger partial charge in [-0.2, -0.15) is 0 Å². The van der Waals surface area contributed by atoms with E-state index in [1.807, 2.05) is 6.92 Å².